The van der Waals surface area contributed by atoms with Gasteiger partial charge in [-0.25, -0.2) is 0 Å². The third-order valence-corrected chi connectivity index (χ3v) is 4.90. The number of ether oxygens (including phenoxy) is 2. The number of hydrogen-bond acceptors (Lipinski definition) is 3. The van der Waals surface area contributed by atoms with Crippen molar-refractivity contribution in [2.24, 2.45) is 0 Å². The van der Waals surface area contributed by atoms with Crippen molar-refractivity contribution in [1.29, 1.82) is 0 Å². The van der Waals surface area contributed by atoms with Gasteiger partial charge in [0.15, 0.2) is 17.5 Å². The molecule has 0 radical (unpaired) electrons. The summed E-state index contributed by atoms with van der Waals surface area (Å²) in [6.07, 6.45) is 0. The van der Waals surface area contributed by atoms with Crippen molar-refractivity contribution in [1.82, 2.24) is 0 Å². The highest BCUT2D eigenvalue weighted by atomic mass is 16.7. The third-order valence-electron chi connectivity index (χ3n) is 4.90. The fourth-order valence-electron chi connectivity index (χ4n) is 2.95. The molecule has 2 N–H and O–H groups in total. The van der Waals surface area contributed by atoms with E-state index in [0.717, 1.165) is 34.2 Å². The Balaban J connectivity index is 1.58. The first kappa shape index (κ1) is 18.3. The lowest BCUT2D eigenvalue weighted by Gasteiger charge is -2.21. The van der Waals surface area contributed by atoms with Crippen molar-refractivity contribution >= 4 is 11.6 Å². The lowest BCUT2D eigenvalue weighted by molar-refractivity contribution is -0.907. The smallest absolute Gasteiger partial charge is 0.282 e. The molecule has 2 aromatic rings. The van der Waals surface area contributed by atoms with Crippen molar-refractivity contribution in [3.8, 4) is 11.5 Å². The summed E-state index contributed by atoms with van der Waals surface area (Å²) in [6, 6.07) is 13.8. The molecule has 5 heteroatoms. The number of hydrogen-bond donors (Lipinski definition) is 2. The minimum absolute atomic E-state index is 0.0144. The zero-order valence-corrected chi connectivity index (χ0v) is 15.8. The van der Waals surface area contributed by atoms with E-state index in [1.165, 1.54) is 5.56 Å². The van der Waals surface area contributed by atoms with Gasteiger partial charge in [0, 0.05) is 11.3 Å². The van der Waals surface area contributed by atoms with Gasteiger partial charge in [0.1, 0.15) is 6.54 Å². The molecule has 1 aliphatic heterocycles. The summed E-state index contributed by atoms with van der Waals surface area (Å²) in [7, 11) is 2.02. The molecule has 138 valence electrons. The highest BCUT2D eigenvalue weighted by Crippen LogP contribution is 2.32. The molecular formula is C21H27N2O3+. The van der Waals surface area contributed by atoms with Crippen LogP contribution < -0.4 is 19.7 Å². The molecule has 0 aliphatic carbocycles. The molecule has 1 aliphatic rings. The Morgan fingerprint density at radius 1 is 1.08 bits per heavy atom. The van der Waals surface area contributed by atoms with E-state index in [2.05, 4.69) is 31.3 Å². The second-order valence-corrected chi connectivity index (χ2v) is 7.20. The molecule has 0 aromatic heterocycles. The minimum Gasteiger partial charge on any atom is -0.454 e. The summed E-state index contributed by atoms with van der Waals surface area (Å²) in [6.45, 7) is 7.27. The van der Waals surface area contributed by atoms with Crippen LogP contribution >= 0.6 is 0 Å². The molecule has 2 atom stereocenters. The number of quaternary nitrogens is 1. The molecule has 0 fully saturated rings. The van der Waals surface area contributed by atoms with Gasteiger partial charge in [0.25, 0.3) is 5.91 Å². The quantitative estimate of drug-likeness (QED) is 0.837. The van der Waals surface area contributed by atoms with Crippen LogP contribution in [-0.4, -0.2) is 25.8 Å². The number of anilines is 1. The Kier molecular flexibility index (Phi) is 5.47. The van der Waals surface area contributed by atoms with E-state index in [9.17, 15) is 4.79 Å². The topological polar surface area (TPSA) is 52.0 Å². The largest absolute Gasteiger partial charge is 0.454 e. The maximum Gasteiger partial charge on any atom is 0.282 e. The molecule has 1 heterocycles. The van der Waals surface area contributed by atoms with E-state index in [0.29, 0.717) is 5.92 Å². The van der Waals surface area contributed by atoms with Gasteiger partial charge >= 0.3 is 0 Å². The van der Waals surface area contributed by atoms with E-state index >= 15 is 0 Å². The van der Waals surface area contributed by atoms with Gasteiger partial charge < -0.3 is 19.7 Å². The average molecular weight is 355 g/mol. The van der Waals surface area contributed by atoms with E-state index in [-0.39, 0.29) is 18.7 Å². The fourth-order valence-corrected chi connectivity index (χ4v) is 2.95. The zero-order valence-electron chi connectivity index (χ0n) is 15.8. The number of carbonyl (C=O) groups excluding carboxylic acids is 1. The molecule has 1 amide bonds. The summed E-state index contributed by atoms with van der Waals surface area (Å²) < 4.78 is 10.8. The highest BCUT2D eigenvalue weighted by Gasteiger charge is 2.23. The monoisotopic (exact) mass is 355 g/mol. The predicted molar refractivity (Wildman–Crippen MR) is 102 cm³/mol. The van der Waals surface area contributed by atoms with Gasteiger partial charge in [0.2, 0.25) is 6.79 Å². The Labute approximate surface area is 154 Å². The number of likely N-dealkylation sites (N-methyl/N-ethyl adjacent to an activating group) is 1. The lowest BCUT2D eigenvalue weighted by Crippen LogP contribution is -3.12. The first-order valence-corrected chi connectivity index (χ1v) is 9.05. The molecule has 1 unspecified atom stereocenters. The Bertz CT molecular complexity index is 771. The van der Waals surface area contributed by atoms with Crippen LogP contribution in [-0.2, 0) is 11.3 Å². The summed E-state index contributed by atoms with van der Waals surface area (Å²) >= 11 is 0. The van der Waals surface area contributed by atoms with Gasteiger partial charge in [-0.1, -0.05) is 26.0 Å². The van der Waals surface area contributed by atoms with Crippen LogP contribution in [0.2, 0.25) is 0 Å². The Morgan fingerprint density at radius 2 is 1.77 bits per heavy atom. The number of rotatable bonds is 6. The SMILES string of the molecule is CC(C)c1ccc(NC(=O)[C@@H](C)[NH+](C)Cc2ccc3c(c2)OCO3)cc1. The van der Waals surface area contributed by atoms with Gasteiger partial charge in [-0.2, -0.15) is 0 Å². The van der Waals surface area contributed by atoms with Gasteiger partial charge in [-0.05, 0) is 48.7 Å². The fraction of sp³-hybridized carbons (Fsp3) is 0.381. The van der Waals surface area contributed by atoms with Crippen molar-refractivity contribution in [3.63, 3.8) is 0 Å². The molecular weight excluding hydrogens is 328 g/mol. The van der Waals surface area contributed by atoms with Gasteiger partial charge in [-0.3, -0.25) is 4.79 Å². The van der Waals surface area contributed by atoms with E-state index in [1.54, 1.807) is 0 Å². The third kappa shape index (κ3) is 4.17. The van der Waals surface area contributed by atoms with Gasteiger partial charge in [0.05, 0.1) is 7.05 Å². The van der Waals surface area contributed by atoms with Crippen LogP contribution in [0.5, 0.6) is 11.5 Å². The molecule has 0 saturated heterocycles. The average Bonchev–Trinajstić information content (AvgIpc) is 3.09. The number of nitrogens with one attached hydrogen (secondary N) is 2. The van der Waals surface area contributed by atoms with Crippen LogP contribution in [0.3, 0.4) is 0 Å². The van der Waals surface area contributed by atoms with Gasteiger partial charge in [-0.15, -0.1) is 0 Å². The van der Waals surface area contributed by atoms with E-state index in [4.69, 9.17) is 9.47 Å². The van der Waals surface area contributed by atoms with Crippen LogP contribution in [0.1, 0.15) is 37.8 Å². The maximum atomic E-state index is 12.6. The normalized spacial score (nSPS) is 15.0. The lowest BCUT2D eigenvalue weighted by atomic mass is 10.0. The summed E-state index contributed by atoms with van der Waals surface area (Å²) in [5.74, 6) is 2.05. The number of amides is 1. The van der Waals surface area contributed by atoms with Crippen molar-refractivity contribution in [2.45, 2.75) is 39.3 Å². The molecule has 0 bridgehead atoms. The molecule has 5 nitrogen and oxygen atoms in total. The summed E-state index contributed by atoms with van der Waals surface area (Å²) in [4.78, 5) is 13.7. The first-order chi connectivity index (χ1) is 12.4. The number of fused-ring (bicyclic) bond motifs is 1. The van der Waals surface area contributed by atoms with E-state index < -0.39 is 0 Å². The van der Waals surface area contributed by atoms with Crippen molar-refractivity contribution in [2.75, 3.05) is 19.2 Å². The Morgan fingerprint density at radius 3 is 2.46 bits per heavy atom. The van der Waals surface area contributed by atoms with Crippen LogP contribution in [0.4, 0.5) is 5.69 Å². The Hall–Kier alpha value is -2.53. The second-order valence-electron chi connectivity index (χ2n) is 7.20. The van der Waals surface area contributed by atoms with Crippen LogP contribution in [0.25, 0.3) is 0 Å². The predicted octanol–water partition coefficient (Wildman–Crippen LogP) is 2.58. The van der Waals surface area contributed by atoms with Crippen LogP contribution in [0, 0.1) is 0 Å². The molecule has 0 saturated carbocycles. The summed E-state index contributed by atoms with van der Waals surface area (Å²) in [5, 5.41) is 3.01. The number of carbonyl (C=O) groups is 1. The number of benzene rings is 2. The highest BCUT2D eigenvalue weighted by molar-refractivity contribution is 5.93. The molecule has 3 rings (SSSR count). The second kappa shape index (κ2) is 7.79. The maximum absolute atomic E-state index is 12.6. The standard InChI is InChI=1S/C21H26N2O3/c1-14(2)17-6-8-18(9-7-17)22-21(24)15(3)23(4)12-16-5-10-19-20(11-16)26-13-25-19/h5-11,14-15H,12-13H2,1-4H3,(H,22,24)/p+1/t15-/m1/s1. The molecule has 2 aromatic carbocycles. The molecule has 26 heavy (non-hydrogen) atoms. The van der Waals surface area contributed by atoms with E-state index in [1.807, 2.05) is 44.3 Å². The van der Waals surface area contributed by atoms with Crippen molar-refractivity contribution in [3.05, 3.63) is 53.6 Å². The summed E-state index contributed by atoms with van der Waals surface area (Å²) in [5.41, 5.74) is 3.22. The first-order valence-electron chi connectivity index (χ1n) is 9.05. The minimum atomic E-state index is -0.176. The van der Waals surface area contributed by atoms with Crippen LogP contribution in [0.15, 0.2) is 42.5 Å². The molecule has 0 spiro atoms. The van der Waals surface area contributed by atoms with Crippen molar-refractivity contribution < 1.29 is 19.2 Å². The zero-order chi connectivity index (χ0) is 18.7.